The Labute approximate surface area is 178 Å². The number of fused-ring (bicyclic) bond motifs is 1. The Hall–Kier alpha value is -2.80. The monoisotopic (exact) mass is 457 g/mol. The molecule has 6 nitrogen and oxygen atoms in total. The summed E-state index contributed by atoms with van der Waals surface area (Å²) in [5.41, 5.74) is 2.55. The van der Waals surface area contributed by atoms with Crippen molar-refractivity contribution in [2.45, 2.75) is 32.2 Å². The van der Waals surface area contributed by atoms with Crippen LogP contribution in [-0.4, -0.2) is 29.6 Å². The topological polar surface area (TPSA) is 83.2 Å². The molecule has 2 amide bonds. The minimum absolute atomic E-state index is 0.332. The molecule has 1 aromatic heterocycles. The van der Waals surface area contributed by atoms with Gasteiger partial charge in [0.25, 0.3) is 0 Å². The molecule has 0 fully saturated rings. The number of ether oxygens (including phenoxy) is 1. The highest BCUT2D eigenvalue weighted by Crippen LogP contribution is 2.22. The van der Waals surface area contributed by atoms with Crippen molar-refractivity contribution in [1.82, 2.24) is 10.3 Å². The Bertz CT molecular complexity index is 986. The number of halogens is 1. The average Bonchev–Trinajstić information content (AvgIpc) is 3.12. The smallest absolute Gasteiger partial charge is 0.329 e. The molecule has 1 heterocycles. The number of para-hydroxylation sites is 2. The average molecular weight is 458 g/mol. The molecule has 2 aromatic carbocycles. The van der Waals surface area contributed by atoms with E-state index in [4.69, 9.17) is 4.74 Å². The van der Waals surface area contributed by atoms with Gasteiger partial charge < -0.3 is 20.4 Å². The van der Waals surface area contributed by atoms with E-state index in [9.17, 15) is 9.59 Å². The molecule has 3 aromatic rings. The van der Waals surface area contributed by atoms with E-state index in [0.717, 1.165) is 33.8 Å². The van der Waals surface area contributed by atoms with Crippen molar-refractivity contribution in [2.75, 3.05) is 11.9 Å². The molecular weight excluding hydrogens is 434 g/mol. The van der Waals surface area contributed by atoms with Crippen LogP contribution in [0.4, 0.5) is 10.5 Å². The number of unbranched alkanes of at least 4 members (excludes halogenated alkanes) is 1. The standard InChI is InChI=1S/C22H24BrN3O3/c1-2-3-12-29-21(27)20(13-15-14-24-18-10-6-4-8-16(15)18)26-22(28)25-19-11-7-5-9-17(19)23/h4-11,14,20,24H,2-3,12-13H2,1H3,(H2,25,26,28). The predicted octanol–water partition coefficient (Wildman–Crippen LogP) is 5.01. The van der Waals surface area contributed by atoms with Gasteiger partial charge in [0, 0.05) is 28.0 Å². The number of amides is 2. The van der Waals surface area contributed by atoms with Crippen LogP contribution >= 0.6 is 15.9 Å². The van der Waals surface area contributed by atoms with E-state index in [1.807, 2.05) is 55.6 Å². The second-order valence-electron chi connectivity index (χ2n) is 6.72. The molecule has 0 bridgehead atoms. The van der Waals surface area contributed by atoms with Crippen LogP contribution in [0.25, 0.3) is 10.9 Å². The molecule has 29 heavy (non-hydrogen) atoms. The second-order valence-corrected chi connectivity index (χ2v) is 7.57. The first-order valence-corrected chi connectivity index (χ1v) is 10.4. The molecule has 3 rings (SSSR count). The molecule has 1 atom stereocenters. The van der Waals surface area contributed by atoms with Crippen molar-refractivity contribution < 1.29 is 14.3 Å². The first kappa shape index (κ1) is 20.9. The van der Waals surface area contributed by atoms with Gasteiger partial charge >= 0.3 is 12.0 Å². The van der Waals surface area contributed by atoms with Crippen molar-refractivity contribution >= 4 is 44.5 Å². The lowest BCUT2D eigenvalue weighted by molar-refractivity contribution is -0.145. The molecule has 0 aliphatic carbocycles. The number of urea groups is 1. The predicted molar refractivity (Wildman–Crippen MR) is 118 cm³/mol. The Morgan fingerprint density at radius 2 is 1.90 bits per heavy atom. The zero-order chi connectivity index (χ0) is 20.6. The first-order chi connectivity index (χ1) is 14.1. The van der Waals surface area contributed by atoms with Gasteiger partial charge in [-0.05, 0) is 46.1 Å². The molecule has 0 aliphatic heterocycles. The summed E-state index contributed by atoms with van der Waals surface area (Å²) in [7, 11) is 0. The Morgan fingerprint density at radius 1 is 1.14 bits per heavy atom. The van der Waals surface area contributed by atoms with Crippen LogP contribution in [-0.2, 0) is 16.0 Å². The van der Waals surface area contributed by atoms with Crippen LogP contribution in [0.15, 0.2) is 59.2 Å². The number of aromatic nitrogens is 1. The van der Waals surface area contributed by atoms with Gasteiger partial charge in [-0.25, -0.2) is 9.59 Å². The first-order valence-electron chi connectivity index (χ1n) is 9.62. The van der Waals surface area contributed by atoms with Crippen molar-refractivity contribution in [3.05, 3.63) is 64.8 Å². The van der Waals surface area contributed by atoms with Crippen LogP contribution in [0.1, 0.15) is 25.3 Å². The highest BCUT2D eigenvalue weighted by molar-refractivity contribution is 9.10. The van der Waals surface area contributed by atoms with Gasteiger partial charge in [0.1, 0.15) is 6.04 Å². The molecule has 7 heteroatoms. The Balaban J connectivity index is 1.74. The van der Waals surface area contributed by atoms with Gasteiger partial charge in [0.2, 0.25) is 0 Å². The lowest BCUT2D eigenvalue weighted by Gasteiger charge is -2.18. The van der Waals surface area contributed by atoms with E-state index in [0.29, 0.717) is 18.7 Å². The fraction of sp³-hybridized carbons (Fsp3) is 0.273. The van der Waals surface area contributed by atoms with E-state index in [1.54, 1.807) is 6.07 Å². The molecule has 0 radical (unpaired) electrons. The third-order valence-electron chi connectivity index (χ3n) is 4.55. The molecule has 0 spiro atoms. The summed E-state index contributed by atoms with van der Waals surface area (Å²) in [5.74, 6) is -0.439. The quantitative estimate of drug-likeness (QED) is 0.328. The van der Waals surface area contributed by atoms with E-state index in [-0.39, 0.29) is 0 Å². The van der Waals surface area contributed by atoms with Gasteiger partial charge in [0.05, 0.1) is 12.3 Å². The van der Waals surface area contributed by atoms with Crippen LogP contribution in [0.3, 0.4) is 0 Å². The summed E-state index contributed by atoms with van der Waals surface area (Å²) < 4.78 is 6.14. The molecular formula is C22H24BrN3O3. The normalized spacial score (nSPS) is 11.8. The number of hydrogen-bond donors (Lipinski definition) is 3. The summed E-state index contributed by atoms with van der Waals surface area (Å²) in [5, 5.41) is 6.55. The van der Waals surface area contributed by atoms with Crippen LogP contribution in [0.5, 0.6) is 0 Å². The maximum Gasteiger partial charge on any atom is 0.329 e. The van der Waals surface area contributed by atoms with E-state index in [1.165, 1.54) is 0 Å². The van der Waals surface area contributed by atoms with Crippen LogP contribution < -0.4 is 10.6 Å². The van der Waals surface area contributed by atoms with Gasteiger partial charge in [-0.3, -0.25) is 0 Å². The number of esters is 1. The number of hydrogen-bond acceptors (Lipinski definition) is 3. The summed E-state index contributed by atoms with van der Waals surface area (Å²) in [4.78, 5) is 28.4. The number of anilines is 1. The maximum absolute atomic E-state index is 12.7. The van der Waals surface area contributed by atoms with Gasteiger partial charge in [-0.2, -0.15) is 0 Å². The molecule has 0 saturated heterocycles. The zero-order valence-electron chi connectivity index (χ0n) is 16.2. The number of nitrogens with one attached hydrogen (secondary N) is 3. The summed E-state index contributed by atoms with van der Waals surface area (Å²) in [6, 6.07) is 13.9. The second kappa shape index (κ2) is 10.1. The Kier molecular flexibility index (Phi) is 7.30. The molecule has 3 N–H and O–H groups in total. The Morgan fingerprint density at radius 3 is 2.69 bits per heavy atom. The fourth-order valence-electron chi connectivity index (χ4n) is 3.01. The number of carbonyl (C=O) groups is 2. The highest BCUT2D eigenvalue weighted by atomic mass is 79.9. The van der Waals surface area contributed by atoms with Crippen molar-refractivity contribution in [1.29, 1.82) is 0 Å². The van der Waals surface area contributed by atoms with E-state index < -0.39 is 18.0 Å². The number of aromatic amines is 1. The van der Waals surface area contributed by atoms with Gasteiger partial charge in [0.15, 0.2) is 0 Å². The summed E-state index contributed by atoms with van der Waals surface area (Å²) in [6.07, 6.45) is 3.91. The van der Waals surface area contributed by atoms with Crippen molar-refractivity contribution in [3.63, 3.8) is 0 Å². The van der Waals surface area contributed by atoms with Crippen LogP contribution in [0, 0.1) is 0 Å². The molecule has 152 valence electrons. The largest absolute Gasteiger partial charge is 0.464 e. The van der Waals surface area contributed by atoms with Gasteiger partial charge in [-0.1, -0.05) is 43.7 Å². The number of carbonyl (C=O) groups excluding carboxylic acids is 2. The van der Waals surface area contributed by atoms with Gasteiger partial charge in [-0.15, -0.1) is 0 Å². The zero-order valence-corrected chi connectivity index (χ0v) is 17.8. The molecule has 1 unspecified atom stereocenters. The maximum atomic E-state index is 12.7. The SMILES string of the molecule is CCCCOC(=O)C(Cc1c[nH]c2ccccc12)NC(=O)Nc1ccccc1Br. The van der Waals surface area contributed by atoms with E-state index in [2.05, 4.69) is 31.5 Å². The number of rotatable bonds is 8. The lowest BCUT2D eigenvalue weighted by Crippen LogP contribution is -2.45. The highest BCUT2D eigenvalue weighted by Gasteiger charge is 2.24. The third-order valence-corrected chi connectivity index (χ3v) is 5.24. The fourth-order valence-corrected chi connectivity index (χ4v) is 3.39. The lowest BCUT2D eigenvalue weighted by atomic mass is 10.1. The minimum atomic E-state index is -0.798. The molecule has 0 aliphatic rings. The van der Waals surface area contributed by atoms with Crippen molar-refractivity contribution in [2.24, 2.45) is 0 Å². The third kappa shape index (κ3) is 5.60. The number of H-pyrrole nitrogens is 1. The minimum Gasteiger partial charge on any atom is -0.464 e. The van der Waals surface area contributed by atoms with E-state index >= 15 is 0 Å². The van der Waals surface area contributed by atoms with Crippen LogP contribution in [0.2, 0.25) is 0 Å². The molecule has 0 saturated carbocycles. The van der Waals surface area contributed by atoms with Crippen molar-refractivity contribution in [3.8, 4) is 0 Å². The summed E-state index contributed by atoms with van der Waals surface area (Å²) >= 11 is 3.40. The number of benzene rings is 2. The summed E-state index contributed by atoms with van der Waals surface area (Å²) in [6.45, 7) is 2.37.